The largest absolute Gasteiger partial charge is 0.466 e. The Morgan fingerprint density at radius 1 is 1.24 bits per heavy atom. The number of halogens is 1. The van der Waals surface area contributed by atoms with E-state index in [1.165, 1.54) is 0 Å². The molecule has 0 aliphatic rings. The van der Waals surface area contributed by atoms with Crippen LogP contribution in [0.3, 0.4) is 0 Å². The highest BCUT2D eigenvalue weighted by molar-refractivity contribution is 6.30. The van der Waals surface area contributed by atoms with Crippen molar-refractivity contribution >= 4 is 29.2 Å². The molecule has 2 N–H and O–H groups in total. The van der Waals surface area contributed by atoms with Crippen LogP contribution in [0.2, 0.25) is 5.02 Å². The smallest absolute Gasteiger partial charge is 0.305 e. The lowest BCUT2D eigenvalue weighted by Crippen LogP contribution is -2.23. The zero-order chi connectivity index (χ0) is 15.5. The molecule has 0 unspecified atom stereocenters. The predicted molar refractivity (Wildman–Crippen MR) is 83.4 cm³/mol. The fourth-order valence-electron chi connectivity index (χ4n) is 1.71. The van der Waals surface area contributed by atoms with E-state index in [0.717, 1.165) is 0 Å². The van der Waals surface area contributed by atoms with Crippen molar-refractivity contribution in [2.24, 2.45) is 0 Å². The van der Waals surface area contributed by atoms with E-state index in [1.54, 1.807) is 31.2 Å². The number of amides is 1. The second-order valence-electron chi connectivity index (χ2n) is 4.47. The summed E-state index contributed by atoms with van der Waals surface area (Å²) < 4.78 is 4.82. The summed E-state index contributed by atoms with van der Waals surface area (Å²) in [6.07, 6.45) is 1.47. The summed E-state index contributed by atoms with van der Waals surface area (Å²) in [5.41, 5.74) is 0.690. The Morgan fingerprint density at radius 3 is 2.76 bits per heavy atom. The normalized spacial score (nSPS) is 10.2. The monoisotopic (exact) mass is 312 g/mol. The Balaban J connectivity index is 2.07. The minimum absolute atomic E-state index is 0.0739. The lowest BCUT2D eigenvalue weighted by molar-refractivity contribution is -0.143. The number of carbonyl (C=O) groups is 2. The lowest BCUT2D eigenvalue weighted by atomic mass is 10.3. The van der Waals surface area contributed by atoms with Crippen molar-refractivity contribution in [1.29, 1.82) is 0 Å². The molecule has 1 rings (SSSR count). The zero-order valence-corrected chi connectivity index (χ0v) is 12.9. The first-order valence-corrected chi connectivity index (χ1v) is 7.41. The molecular formula is C15H21ClN2O3. The summed E-state index contributed by atoms with van der Waals surface area (Å²) in [6.45, 7) is 3.45. The topological polar surface area (TPSA) is 67.4 Å². The SMILES string of the molecule is CCOC(=O)CCCNCCC(=O)Nc1cccc(Cl)c1. The summed E-state index contributed by atoms with van der Waals surface area (Å²) in [5, 5.41) is 6.48. The van der Waals surface area contributed by atoms with Crippen LogP contribution in [-0.4, -0.2) is 31.6 Å². The summed E-state index contributed by atoms with van der Waals surface area (Å²) in [6, 6.07) is 7.02. The van der Waals surface area contributed by atoms with Gasteiger partial charge in [-0.3, -0.25) is 9.59 Å². The van der Waals surface area contributed by atoms with Crippen LogP contribution in [0.4, 0.5) is 5.69 Å². The highest BCUT2D eigenvalue weighted by atomic mass is 35.5. The Bertz CT molecular complexity index is 466. The van der Waals surface area contributed by atoms with Crippen LogP contribution in [0.15, 0.2) is 24.3 Å². The number of ether oxygens (including phenoxy) is 1. The third kappa shape index (κ3) is 8.32. The molecule has 0 aromatic heterocycles. The quantitative estimate of drug-likeness (QED) is 0.543. The van der Waals surface area contributed by atoms with E-state index in [9.17, 15) is 9.59 Å². The first kappa shape index (κ1) is 17.5. The van der Waals surface area contributed by atoms with Gasteiger partial charge in [-0.2, -0.15) is 0 Å². The van der Waals surface area contributed by atoms with Crippen LogP contribution >= 0.6 is 11.6 Å². The van der Waals surface area contributed by atoms with Gasteiger partial charge in [0.2, 0.25) is 5.91 Å². The van der Waals surface area contributed by atoms with Gasteiger partial charge in [0.25, 0.3) is 0 Å². The summed E-state index contributed by atoms with van der Waals surface area (Å²) in [7, 11) is 0. The van der Waals surface area contributed by atoms with E-state index in [2.05, 4.69) is 10.6 Å². The van der Waals surface area contributed by atoms with Crippen LogP contribution in [0, 0.1) is 0 Å². The van der Waals surface area contributed by atoms with Gasteiger partial charge in [-0.05, 0) is 38.1 Å². The molecule has 0 radical (unpaired) electrons. The van der Waals surface area contributed by atoms with Gasteiger partial charge in [0.1, 0.15) is 0 Å². The van der Waals surface area contributed by atoms with E-state index in [1.807, 2.05) is 0 Å². The first-order valence-electron chi connectivity index (χ1n) is 7.03. The molecule has 0 aliphatic carbocycles. The maximum atomic E-state index is 11.7. The fraction of sp³-hybridized carbons (Fsp3) is 0.467. The van der Waals surface area contributed by atoms with Gasteiger partial charge in [0.15, 0.2) is 0 Å². The molecule has 0 spiro atoms. The third-order valence-corrected chi connectivity index (χ3v) is 2.91. The number of esters is 1. The average Bonchev–Trinajstić information content (AvgIpc) is 2.43. The number of carbonyl (C=O) groups excluding carboxylic acids is 2. The molecule has 0 saturated carbocycles. The molecule has 0 saturated heterocycles. The molecule has 1 aromatic rings. The Kier molecular flexibility index (Phi) is 8.47. The van der Waals surface area contributed by atoms with Gasteiger partial charge in [0, 0.05) is 30.1 Å². The van der Waals surface area contributed by atoms with Crippen LogP contribution in [-0.2, 0) is 14.3 Å². The average molecular weight is 313 g/mol. The lowest BCUT2D eigenvalue weighted by Gasteiger charge is -2.07. The van der Waals surface area contributed by atoms with E-state index in [4.69, 9.17) is 16.3 Å². The first-order chi connectivity index (χ1) is 10.1. The molecule has 1 aromatic carbocycles. The molecule has 21 heavy (non-hydrogen) atoms. The van der Waals surface area contributed by atoms with Gasteiger partial charge in [0.05, 0.1) is 6.61 Å². The summed E-state index contributed by atoms with van der Waals surface area (Å²) in [4.78, 5) is 22.8. The Hall–Kier alpha value is -1.59. The van der Waals surface area contributed by atoms with Crippen molar-refractivity contribution in [2.75, 3.05) is 25.0 Å². The van der Waals surface area contributed by atoms with Gasteiger partial charge < -0.3 is 15.4 Å². The highest BCUT2D eigenvalue weighted by Crippen LogP contribution is 2.14. The molecule has 116 valence electrons. The van der Waals surface area contributed by atoms with Gasteiger partial charge >= 0.3 is 5.97 Å². The number of benzene rings is 1. The molecule has 6 heteroatoms. The van der Waals surface area contributed by atoms with Crippen molar-refractivity contribution in [3.63, 3.8) is 0 Å². The van der Waals surface area contributed by atoms with Crippen molar-refractivity contribution < 1.29 is 14.3 Å². The standard InChI is InChI=1S/C15H21ClN2O3/c1-2-21-15(20)7-4-9-17-10-8-14(19)18-13-6-3-5-12(16)11-13/h3,5-6,11,17H,2,4,7-10H2,1H3,(H,18,19). The Morgan fingerprint density at radius 2 is 2.05 bits per heavy atom. The van der Waals surface area contributed by atoms with E-state index < -0.39 is 0 Å². The van der Waals surface area contributed by atoms with Crippen molar-refractivity contribution in [3.8, 4) is 0 Å². The molecule has 0 bridgehead atoms. The number of hydrogen-bond acceptors (Lipinski definition) is 4. The van der Waals surface area contributed by atoms with Gasteiger partial charge in [-0.1, -0.05) is 17.7 Å². The zero-order valence-electron chi connectivity index (χ0n) is 12.2. The maximum Gasteiger partial charge on any atom is 0.305 e. The molecule has 1 amide bonds. The van der Waals surface area contributed by atoms with E-state index in [-0.39, 0.29) is 11.9 Å². The molecule has 5 nitrogen and oxygen atoms in total. The van der Waals surface area contributed by atoms with E-state index in [0.29, 0.717) is 49.7 Å². The second kappa shape index (κ2) is 10.2. The second-order valence-corrected chi connectivity index (χ2v) is 4.90. The summed E-state index contributed by atoms with van der Waals surface area (Å²) >= 11 is 5.84. The van der Waals surface area contributed by atoms with E-state index >= 15 is 0 Å². The van der Waals surface area contributed by atoms with Crippen LogP contribution in [0.1, 0.15) is 26.2 Å². The predicted octanol–water partition coefficient (Wildman–Crippen LogP) is 2.60. The van der Waals surface area contributed by atoms with Crippen LogP contribution < -0.4 is 10.6 Å². The number of hydrogen-bond donors (Lipinski definition) is 2. The molecule has 0 fully saturated rings. The maximum absolute atomic E-state index is 11.7. The van der Waals surface area contributed by atoms with Crippen molar-refractivity contribution in [2.45, 2.75) is 26.2 Å². The van der Waals surface area contributed by atoms with Crippen molar-refractivity contribution in [1.82, 2.24) is 5.32 Å². The Labute approximate surface area is 130 Å². The van der Waals surface area contributed by atoms with Gasteiger partial charge in [-0.15, -0.1) is 0 Å². The van der Waals surface area contributed by atoms with Crippen molar-refractivity contribution in [3.05, 3.63) is 29.3 Å². The minimum atomic E-state index is -0.182. The summed E-state index contributed by atoms with van der Waals surface area (Å²) in [5.74, 6) is -0.256. The minimum Gasteiger partial charge on any atom is -0.466 e. The molecule has 0 aliphatic heterocycles. The number of anilines is 1. The molecular weight excluding hydrogens is 292 g/mol. The third-order valence-electron chi connectivity index (χ3n) is 2.68. The number of nitrogens with one attached hydrogen (secondary N) is 2. The van der Waals surface area contributed by atoms with Gasteiger partial charge in [-0.25, -0.2) is 0 Å². The highest BCUT2D eigenvalue weighted by Gasteiger charge is 2.03. The fourth-order valence-corrected chi connectivity index (χ4v) is 1.90. The molecule has 0 atom stereocenters. The number of rotatable bonds is 9. The van der Waals surface area contributed by atoms with Crippen LogP contribution in [0.5, 0.6) is 0 Å². The van der Waals surface area contributed by atoms with Crippen LogP contribution in [0.25, 0.3) is 0 Å². The molecule has 0 heterocycles.